The second-order valence-electron chi connectivity index (χ2n) is 3.56. The van der Waals surface area contributed by atoms with Gasteiger partial charge in [0.15, 0.2) is 0 Å². The number of hydrogen-bond donors (Lipinski definition) is 1. The molecule has 0 saturated carbocycles. The van der Waals surface area contributed by atoms with E-state index in [9.17, 15) is 4.39 Å². The van der Waals surface area contributed by atoms with Crippen LogP contribution in [0.25, 0.3) is 0 Å². The highest BCUT2D eigenvalue weighted by Crippen LogP contribution is 2.03. The average molecular weight is 210 g/mol. The topological polar surface area (TPSA) is 24.5 Å². The molecule has 15 heavy (non-hydrogen) atoms. The molecule has 1 aliphatic rings. The van der Waals surface area contributed by atoms with Crippen molar-refractivity contribution in [2.24, 2.45) is 0 Å². The number of ether oxygens (including phenoxy) is 1. The Hall–Kier alpha value is -0.970. The Balaban J connectivity index is 1.79. The van der Waals surface area contributed by atoms with Gasteiger partial charge in [0.25, 0.3) is 0 Å². The van der Waals surface area contributed by atoms with Gasteiger partial charge in [-0.15, -0.1) is 0 Å². The lowest BCUT2D eigenvalue weighted by molar-refractivity contribution is 0.0106. The van der Waals surface area contributed by atoms with Crippen LogP contribution in [0.1, 0.15) is 5.56 Å². The molecule has 82 valence electrons. The van der Waals surface area contributed by atoms with Crippen LogP contribution >= 0.6 is 0 Å². The minimum Gasteiger partial charge on any atom is -0.379 e. The van der Waals surface area contributed by atoms with Crippen LogP contribution in [-0.2, 0) is 11.3 Å². The summed E-state index contributed by atoms with van der Waals surface area (Å²) in [5.74, 6) is -0.190. The molecule has 0 spiro atoms. The van der Waals surface area contributed by atoms with Crippen molar-refractivity contribution in [1.82, 2.24) is 10.4 Å². The van der Waals surface area contributed by atoms with Crippen LogP contribution in [0, 0.1) is 5.82 Å². The fourth-order valence-corrected chi connectivity index (χ4v) is 1.53. The second kappa shape index (κ2) is 5.21. The van der Waals surface area contributed by atoms with Crippen LogP contribution in [0.2, 0.25) is 0 Å². The molecule has 1 saturated heterocycles. The largest absolute Gasteiger partial charge is 0.379 e. The summed E-state index contributed by atoms with van der Waals surface area (Å²) in [7, 11) is 0. The van der Waals surface area contributed by atoms with Gasteiger partial charge in [-0.25, -0.2) is 9.40 Å². The van der Waals surface area contributed by atoms with Crippen LogP contribution in [0.4, 0.5) is 4.39 Å². The van der Waals surface area contributed by atoms with Crippen LogP contribution in [0.5, 0.6) is 0 Å². The summed E-state index contributed by atoms with van der Waals surface area (Å²) >= 11 is 0. The van der Waals surface area contributed by atoms with E-state index in [1.165, 1.54) is 12.1 Å². The summed E-state index contributed by atoms with van der Waals surface area (Å²) < 4.78 is 17.9. The first kappa shape index (κ1) is 10.5. The molecule has 0 unspecified atom stereocenters. The summed E-state index contributed by atoms with van der Waals surface area (Å²) in [6, 6.07) is 6.55. The number of hydrogen-bond acceptors (Lipinski definition) is 3. The minimum atomic E-state index is -0.190. The second-order valence-corrected chi connectivity index (χ2v) is 3.56. The van der Waals surface area contributed by atoms with Crippen molar-refractivity contribution >= 4 is 0 Å². The highest BCUT2D eigenvalue weighted by Gasteiger charge is 2.08. The first-order valence-electron chi connectivity index (χ1n) is 5.15. The minimum absolute atomic E-state index is 0.190. The van der Waals surface area contributed by atoms with Crippen molar-refractivity contribution in [2.75, 3.05) is 26.3 Å². The normalized spacial score (nSPS) is 17.9. The van der Waals surface area contributed by atoms with E-state index in [1.807, 2.05) is 0 Å². The lowest BCUT2D eigenvalue weighted by Crippen LogP contribution is -2.45. The lowest BCUT2D eigenvalue weighted by atomic mass is 10.2. The summed E-state index contributed by atoms with van der Waals surface area (Å²) in [4.78, 5) is 0. The van der Waals surface area contributed by atoms with Gasteiger partial charge in [0, 0.05) is 19.6 Å². The van der Waals surface area contributed by atoms with Crippen LogP contribution in [-0.4, -0.2) is 31.3 Å². The standard InChI is InChI=1S/C11H15FN2O/c12-11-3-1-10(2-4-11)9-13-14-5-7-15-8-6-14/h1-4,13H,5-9H2. The highest BCUT2D eigenvalue weighted by atomic mass is 19.1. The molecule has 0 atom stereocenters. The van der Waals surface area contributed by atoms with E-state index in [2.05, 4.69) is 10.4 Å². The predicted molar refractivity (Wildman–Crippen MR) is 55.6 cm³/mol. The molecule has 1 aliphatic heterocycles. The maximum atomic E-state index is 12.6. The number of halogens is 1. The Morgan fingerprint density at radius 1 is 1.20 bits per heavy atom. The van der Waals surface area contributed by atoms with Gasteiger partial charge in [-0.3, -0.25) is 5.43 Å². The summed E-state index contributed by atoms with van der Waals surface area (Å²) in [5, 5.41) is 2.13. The van der Waals surface area contributed by atoms with Crippen molar-refractivity contribution in [3.8, 4) is 0 Å². The van der Waals surface area contributed by atoms with Gasteiger partial charge < -0.3 is 4.74 Å². The molecule has 1 fully saturated rings. The smallest absolute Gasteiger partial charge is 0.123 e. The number of hydrazine groups is 1. The monoisotopic (exact) mass is 210 g/mol. The zero-order chi connectivity index (χ0) is 10.5. The fourth-order valence-electron chi connectivity index (χ4n) is 1.53. The molecule has 4 heteroatoms. The van der Waals surface area contributed by atoms with E-state index in [1.54, 1.807) is 12.1 Å². The Kier molecular flexibility index (Phi) is 3.66. The molecule has 3 nitrogen and oxygen atoms in total. The lowest BCUT2D eigenvalue weighted by Gasteiger charge is -2.27. The summed E-state index contributed by atoms with van der Waals surface area (Å²) in [6.45, 7) is 4.09. The van der Waals surface area contributed by atoms with Gasteiger partial charge in [0.1, 0.15) is 5.82 Å². The number of nitrogens with one attached hydrogen (secondary N) is 1. The maximum Gasteiger partial charge on any atom is 0.123 e. The van der Waals surface area contributed by atoms with E-state index in [-0.39, 0.29) is 5.82 Å². The molecule has 1 N–H and O–H groups in total. The highest BCUT2D eigenvalue weighted by molar-refractivity contribution is 5.15. The van der Waals surface area contributed by atoms with Gasteiger partial charge in [-0.2, -0.15) is 0 Å². The number of rotatable bonds is 3. The van der Waals surface area contributed by atoms with Gasteiger partial charge in [-0.05, 0) is 17.7 Å². The van der Waals surface area contributed by atoms with E-state index in [0.29, 0.717) is 0 Å². The third kappa shape index (κ3) is 3.27. The van der Waals surface area contributed by atoms with Crippen molar-refractivity contribution in [1.29, 1.82) is 0 Å². The SMILES string of the molecule is Fc1ccc(CNN2CCOCC2)cc1. The molecule has 0 radical (unpaired) electrons. The molecule has 1 aromatic rings. The van der Waals surface area contributed by atoms with E-state index < -0.39 is 0 Å². The van der Waals surface area contributed by atoms with Gasteiger partial charge >= 0.3 is 0 Å². The average Bonchev–Trinajstić information content (AvgIpc) is 2.30. The quantitative estimate of drug-likeness (QED) is 0.810. The Labute approximate surface area is 88.8 Å². The maximum absolute atomic E-state index is 12.6. The first-order chi connectivity index (χ1) is 7.34. The van der Waals surface area contributed by atoms with E-state index in [0.717, 1.165) is 38.4 Å². The summed E-state index contributed by atoms with van der Waals surface area (Å²) in [6.07, 6.45) is 0. The number of nitrogens with zero attached hydrogens (tertiary/aromatic N) is 1. The van der Waals surface area contributed by atoms with Gasteiger partial charge in [-0.1, -0.05) is 12.1 Å². The first-order valence-corrected chi connectivity index (χ1v) is 5.15. The van der Waals surface area contributed by atoms with Crippen molar-refractivity contribution in [3.05, 3.63) is 35.6 Å². The molecule has 2 rings (SSSR count). The van der Waals surface area contributed by atoms with Crippen LogP contribution in [0.3, 0.4) is 0 Å². The zero-order valence-corrected chi connectivity index (χ0v) is 8.58. The number of benzene rings is 1. The van der Waals surface area contributed by atoms with Gasteiger partial charge in [0.05, 0.1) is 13.2 Å². The third-order valence-corrected chi connectivity index (χ3v) is 2.43. The van der Waals surface area contributed by atoms with Crippen molar-refractivity contribution in [2.45, 2.75) is 6.54 Å². The molecule has 0 aromatic heterocycles. The van der Waals surface area contributed by atoms with Gasteiger partial charge in [0.2, 0.25) is 0 Å². The molecule has 0 amide bonds. The fraction of sp³-hybridized carbons (Fsp3) is 0.455. The third-order valence-electron chi connectivity index (χ3n) is 2.43. The molecule has 1 aromatic carbocycles. The van der Waals surface area contributed by atoms with Crippen molar-refractivity contribution in [3.63, 3.8) is 0 Å². The van der Waals surface area contributed by atoms with Crippen molar-refractivity contribution < 1.29 is 9.13 Å². The van der Waals surface area contributed by atoms with Crippen LogP contribution < -0.4 is 5.43 Å². The molecular formula is C11H15FN2O. The Morgan fingerprint density at radius 3 is 2.53 bits per heavy atom. The molecule has 0 bridgehead atoms. The van der Waals surface area contributed by atoms with E-state index in [4.69, 9.17) is 4.74 Å². The molecule has 0 aliphatic carbocycles. The Morgan fingerprint density at radius 2 is 1.87 bits per heavy atom. The van der Waals surface area contributed by atoms with E-state index >= 15 is 0 Å². The molecule has 1 heterocycles. The van der Waals surface area contributed by atoms with Crippen LogP contribution in [0.15, 0.2) is 24.3 Å². The predicted octanol–water partition coefficient (Wildman–Crippen LogP) is 1.16. The molecular weight excluding hydrogens is 195 g/mol. The summed E-state index contributed by atoms with van der Waals surface area (Å²) in [5.41, 5.74) is 4.37. The number of morpholine rings is 1. The Bertz CT molecular complexity index is 296. The zero-order valence-electron chi connectivity index (χ0n) is 8.58.